The van der Waals surface area contributed by atoms with Crippen LogP contribution in [0, 0.1) is 0 Å². The summed E-state index contributed by atoms with van der Waals surface area (Å²) in [6.45, 7) is 6.49. The molecule has 0 aromatic carbocycles. The van der Waals surface area contributed by atoms with E-state index in [4.69, 9.17) is 0 Å². The van der Waals surface area contributed by atoms with Gasteiger partial charge in [0.1, 0.15) is 5.82 Å². The first-order valence-corrected chi connectivity index (χ1v) is 12.6. The summed E-state index contributed by atoms with van der Waals surface area (Å²) in [5, 5.41) is 11.1. The van der Waals surface area contributed by atoms with Crippen LogP contribution in [0.4, 0.5) is 0 Å². The fourth-order valence-corrected chi connectivity index (χ4v) is 5.82. The molecule has 12 heteroatoms. The third-order valence-electron chi connectivity index (χ3n) is 4.97. The fraction of sp³-hybridized carbons (Fsp3) is 0.824. The monoisotopic (exact) mass is 557 g/mol. The van der Waals surface area contributed by atoms with E-state index < -0.39 is 10.0 Å². The van der Waals surface area contributed by atoms with Gasteiger partial charge in [-0.15, -0.1) is 24.0 Å². The minimum atomic E-state index is -3.21. The second-order valence-electron chi connectivity index (χ2n) is 7.43. The maximum Gasteiger partial charge on any atom is 0.215 e. The molecule has 0 spiro atoms. The smallest absolute Gasteiger partial charge is 0.215 e. The van der Waals surface area contributed by atoms with Crippen molar-refractivity contribution in [1.29, 1.82) is 0 Å². The third-order valence-corrected chi connectivity index (χ3v) is 7.79. The molecule has 1 aromatic heterocycles. The average molecular weight is 558 g/mol. The summed E-state index contributed by atoms with van der Waals surface area (Å²) in [5.74, 6) is 4.70. The predicted molar refractivity (Wildman–Crippen MR) is 129 cm³/mol. The molecule has 2 aliphatic rings. The number of sulfonamides is 1. The van der Waals surface area contributed by atoms with Gasteiger partial charge in [-0.3, -0.25) is 4.99 Å². The molecule has 166 valence electrons. The molecule has 0 radical (unpaired) electrons. The van der Waals surface area contributed by atoms with Gasteiger partial charge in [-0.05, 0) is 6.42 Å². The highest BCUT2D eigenvalue weighted by Gasteiger charge is 2.25. The maximum atomic E-state index is 12.4. The predicted octanol–water partition coefficient (Wildman–Crippen LogP) is 0.878. The highest BCUT2D eigenvalue weighted by molar-refractivity contribution is 14.0. The number of hydrogen-bond acceptors (Lipinski definition) is 6. The van der Waals surface area contributed by atoms with Gasteiger partial charge < -0.3 is 10.6 Å². The molecule has 0 amide bonds. The zero-order valence-electron chi connectivity index (χ0n) is 17.3. The normalized spacial score (nSPS) is 20.8. The van der Waals surface area contributed by atoms with Crippen LogP contribution in [-0.2, 0) is 23.0 Å². The zero-order chi connectivity index (χ0) is 20.1. The number of aromatic nitrogens is 3. The van der Waals surface area contributed by atoms with Crippen LogP contribution in [0.2, 0.25) is 0 Å². The largest absolute Gasteiger partial charge is 0.355 e. The van der Waals surface area contributed by atoms with Gasteiger partial charge in [-0.1, -0.05) is 13.8 Å². The van der Waals surface area contributed by atoms with Gasteiger partial charge in [-0.25, -0.2) is 22.4 Å². The van der Waals surface area contributed by atoms with Crippen molar-refractivity contribution in [1.82, 2.24) is 29.7 Å². The van der Waals surface area contributed by atoms with Crippen molar-refractivity contribution in [3.63, 3.8) is 0 Å². The van der Waals surface area contributed by atoms with Crippen LogP contribution in [0.3, 0.4) is 0 Å². The minimum Gasteiger partial charge on any atom is -0.355 e. The SMILES string of the molecule is CN=C(NCCS(=O)(=O)N1CCSCC1)NC1CCc2nc(C(C)C)nn2C1.I. The molecule has 1 unspecified atom stereocenters. The van der Waals surface area contributed by atoms with Crippen LogP contribution < -0.4 is 10.6 Å². The number of rotatable bonds is 6. The third kappa shape index (κ3) is 6.69. The van der Waals surface area contributed by atoms with E-state index >= 15 is 0 Å². The van der Waals surface area contributed by atoms with Crippen LogP contribution in [0.5, 0.6) is 0 Å². The lowest BCUT2D eigenvalue weighted by atomic mass is 10.1. The molecular formula is C17H32IN7O2S2. The Balaban J connectivity index is 0.00000300. The van der Waals surface area contributed by atoms with E-state index in [1.807, 2.05) is 4.68 Å². The Morgan fingerprint density at radius 2 is 2.07 bits per heavy atom. The quantitative estimate of drug-likeness (QED) is 0.304. The molecular weight excluding hydrogens is 525 g/mol. The number of aliphatic imine (C=N–C) groups is 1. The highest BCUT2D eigenvalue weighted by atomic mass is 127. The lowest BCUT2D eigenvalue weighted by Crippen LogP contribution is -2.48. The molecule has 1 fully saturated rings. The molecule has 29 heavy (non-hydrogen) atoms. The van der Waals surface area contributed by atoms with Gasteiger partial charge in [-0.2, -0.15) is 16.9 Å². The molecule has 3 heterocycles. The fourth-order valence-electron chi connectivity index (χ4n) is 3.33. The Labute approximate surface area is 195 Å². The number of hydrogen-bond donors (Lipinski definition) is 2. The van der Waals surface area contributed by atoms with Crippen LogP contribution in [0.15, 0.2) is 4.99 Å². The molecule has 1 atom stereocenters. The molecule has 3 rings (SSSR count). The Hall–Kier alpha value is -0.600. The Kier molecular flexibility index (Phi) is 9.48. The summed E-state index contributed by atoms with van der Waals surface area (Å²) in [6, 6.07) is 0.191. The standard InChI is InChI=1S/C17H31N7O2S2.HI/c1-13(2)16-21-15-5-4-14(12-24(15)22-16)20-17(18-3)19-6-11-28(25,26)23-7-9-27-10-8-23;/h13-14H,4-12H2,1-3H3,(H2,18,19,20);1H. The zero-order valence-corrected chi connectivity index (χ0v) is 21.3. The van der Waals surface area contributed by atoms with E-state index in [2.05, 4.69) is 39.6 Å². The van der Waals surface area contributed by atoms with Gasteiger partial charge in [0.05, 0.1) is 12.3 Å². The number of nitrogens with one attached hydrogen (secondary N) is 2. The molecule has 2 N–H and O–H groups in total. The lowest BCUT2D eigenvalue weighted by molar-refractivity contribution is 0.392. The topological polar surface area (TPSA) is 105 Å². The summed E-state index contributed by atoms with van der Waals surface area (Å²) < 4.78 is 28.4. The second-order valence-corrected chi connectivity index (χ2v) is 10.7. The summed E-state index contributed by atoms with van der Waals surface area (Å²) >= 11 is 1.80. The van der Waals surface area contributed by atoms with E-state index in [0.717, 1.165) is 42.5 Å². The number of aryl methyl sites for hydroxylation is 1. The second kappa shape index (κ2) is 11.1. The number of thioether (sulfide) groups is 1. The summed E-state index contributed by atoms with van der Waals surface area (Å²) in [6.07, 6.45) is 1.82. The molecule has 2 aliphatic heterocycles. The van der Waals surface area contributed by atoms with E-state index in [9.17, 15) is 8.42 Å². The van der Waals surface area contributed by atoms with Crippen LogP contribution in [0.1, 0.15) is 37.8 Å². The number of guanidine groups is 1. The molecule has 1 saturated heterocycles. The summed E-state index contributed by atoms with van der Waals surface area (Å²) in [4.78, 5) is 8.85. The molecule has 0 aliphatic carbocycles. The van der Waals surface area contributed by atoms with Crippen molar-refractivity contribution in [3.05, 3.63) is 11.6 Å². The maximum absolute atomic E-state index is 12.4. The average Bonchev–Trinajstić information content (AvgIpc) is 3.11. The molecule has 0 bridgehead atoms. The van der Waals surface area contributed by atoms with Gasteiger partial charge in [0.15, 0.2) is 11.8 Å². The Bertz CT molecular complexity index is 792. The molecule has 9 nitrogen and oxygen atoms in total. The van der Waals surface area contributed by atoms with Crippen molar-refractivity contribution < 1.29 is 8.42 Å². The first kappa shape index (κ1) is 24.7. The van der Waals surface area contributed by atoms with Gasteiger partial charge in [0.25, 0.3) is 0 Å². The number of fused-ring (bicyclic) bond motifs is 1. The van der Waals surface area contributed by atoms with Crippen molar-refractivity contribution in [2.45, 2.75) is 45.2 Å². The lowest BCUT2D eigenvalue weighted by Gasteiger charge is -2.27. The number of halogens is 1. The van der Waals surface area contributed by atoms with Crippen molar-refractivity contribution in [3.8, 4) is 0 Å². The van der Waals surface area contributed by atoms with Gasteiger partial charge >= 0.3 is 0 Å². The molecule has 1 aromatic rings. The number of nitrogens with zero attached hydrogens (tertiary/aromatic N) is 5. The Morgan fingerprint density at radius 1 is 1.34 bits per heavy atom. The van der Waals surface area contributed by atoms with E-state index in [1.54, 1.807) is 23.1 Å². The molecule has 0 saturated carbocycles. The van der Waals surface area contributed by atoms with E-state index in [0.29, 0.717) is 31.5 Å². The van der Waals surface area contributed by atoms with E-state index in [-0.39, 0.29) is 35.8 Å². The summed E-state index contributed by atoms with van der Waals surface area (Å²) in [5.41, 5.74) is 0. The first-order valence-electron chi connectivity index (χ1n) is 9.85. The summed E-state index contributed by atoms with van der Waals surface area (Å²) in [7, 11) is -1.51. The minimum absolute atomic E-state index is 0. The van der Waals surface area contributed by atoms with Gasteiger partial charge in [0, 0.05) is 56.6 Å². The van der Waals surface area contributed by atoms with Crippen LogP contribution in [0.25, 0.3) is 0 Å². The van der Waals surface area contributed by atoms with Gasteiger partial charge in [0.2, 0.25) is 10.0 Å². The van der Waals surface area contributed by atoms with Crippen molar-refractivity contribution in [2.24, 2.45) is 4.99 Å². The Morgan fingerprint density at radius 3 is 2.72 bits per heavy atom. The first-order chi connectivity index (χ1) is 13.4. The van der Waals surface area contributed by atoms with E-state index in [1.165, 1.54) is 0 Å². The highest BCUT2D eigenvalue weighted by Crippen LogP contribution is 2.17. The van der Waals surface area contributed by atoms with Crippen molar-refractivity contribution in [2.75, 3.05) is 43.9 Å². The van der Waals surface area contributed by atoms with Crippen molar-refractivity contribution >= 4 is 51.7 Å². The van der Waals surface area contributed by atoms with Crippen LogP contribution >= 0.6 is 35.7 Å². The van der Waals surface area contributed by atoms with Crippen LogP contribution in [-0.4, -0.2) is 83.4 Å².